The van der Waals surface area contributed by atoms with Crippen molar-refractivity contribution in [1.82, 2.24) is 0 Å². The van der Waals surface area contributed by atoms with Crippen molar-refractivity contribution >= 4 is 45.8 Å². The molecule has 0 bridgehead atoms. The quantitative estimate of drug-likeness (QED) is 0.533. The van der Waals surface area contributed by atoms with Crippen LogP contribution < -0.4 is 0 Å². The van der Waals surface area contributed by atoms with Crippen molar-refractivity contribution in [3.8, 4) is 0 Å². The third-order valence-corrected chi connectivity index (χ3v) is 4.87. The van der Waals surface area contributed by atoms with Crippen LogP contribution in [-0.2, 0) is 4.74 Å². The third kappa shape index (κ3) is 4.10. The standard InChI is InChI=1S/C9H15Cl2IO/c10-4-8(12)9(5-11)13-6-7-2-1-3-7/h7-9H,1-6H2. The van der Waals surface area contributed by atoms with E-state index in [9.17, 15) is 0 Å². The number of halogens is 3. The summed E-state index contributed by atoms with van der Waals surface area (Å²) in [6.45, 7) is 0.869. The van der Waals surface area contributed by atoms with Gasteiger partial charge >= 0.3 is 0 Å². The highest BCUT2D eigenvalue weighted by atomic mass is 127. The Balaban J connectivity index is 2.14. The van der Waals surface area contributed by atoms with Gasteiger partial charge in [-0.05, 0) is 18.8 Å². The smallest absolute Gasteiger partial charge is 0.0839 e. The van der Waals surface area contributed by atoms with Crippen molar-refractivity contribution in [1.29, 1.82) is 0 Å². The lowest BCUT2D eigenvalue weighted by molar-refractivity contribution is 0.0256. The molecule has 2 atom stereocenters. The van der Waals surface area contributed by atoms with Crippen molar-refractivity contribution in [2.75, 3.05) is 18.4 Å². The molecule has 0 aliphatic heterocycles. The Labute approximate surface area is 104 Å². The average molecular weight is 337 g/mol. The molecule has 13 heavy (non-hydrogen) atoms. The lowest BCUT2D eigenvalue weighted by Gasteiger charge is -2.28. The van der Waals surface area contributed by atoms with Gasteiger partial charge in [-0.25, -0.2) is 0 Å². The monoisotopic (exact) mass is 336 g/mol. The molecule has 1 fully saturated rings. The van der Waals surface area contributed by atoms with Gasteiger partial charge in [0.05, 0.1) is 10.0 Å². The van der Waals surface area contributed by atoms with E-state index in [4.69, 9.17) is 27.9 Å². The topological polar surface area (TPSA) is 9.23 Å². The Morgan fingerprint density at radius 2 is 2.00 bits per heavy atom. The first-order valence-corrected chi connectivity index (χ1v) is 6.97. The second-order valence-corrected chi connectivity index (χ2v) is 5.71. The van der Waals surface area contributed by atoms with E-state index in [0.29, 0.717) is 15.7 Å². The molecular formula is C9H15Cl2IO. The van der Waals surface area contributed by atoms with Crippen molar-refractivity contribution in [2.45, 2.75) is 29.3 Å². The van der Waals surface area contributed by atoms with Gasteiger partial charge in [0.1, 0.15) is 0 Å². The lowest BCUT2D eigenvalue weighted by atomic mass is 9.86. The zero-order valence-corrected chi connectivity index (χ0v) is 11.2. The maximum Gasteiger partial charge on any atom is 0.0839 e. The van der Waals surface area contributed by atoms with Gasteiger partial charge in [0.15, 0.2) is 0 Å². The Kier molecular flexibility index (Phi) is 6.36. The first kappa shape index (κ1) is 12.3. The molecule has 1 aliphatic carbocycles. The molecule has 4 heteroatoms. The lowest BCUT2D eigenvalue weighted by Crippen LogP contribution is -2.31. The van der Waals surface area contributed by atoms with Crippen LogP contribution in [0, 0.1) is 5.92 Å². The number of rotatable bonds is 6. The largest absolute Gasteiger partial charge is 0.376 e. The number of hydrogen-bond acceptors (Lipinski definition) is 1. The minimum absolute atomic E-state index is 0.125. The maximum absolute atomic E-state index is 5.80. The van der Waals surface area contributed by atoms with Crippen LogP contribution in [0.2, 0.25) is 0 Å². The molecule has 1 aliphatic rings. The molecule has 0 spiro atoms. The predicted octanol–water partition coefficient (Wildman–Crippen LogP) is 3.45. The SMILES string of the molecule is ClCC(I)C(CCl)OCC1CCC1. The van der Waals surface area contributed by atoms with Gasteiger partial charge in [0, 0.05) is 18.4 Å². The van der Waals surface area contributed by atoms with Gasteiger partial charge in [-0.3, -0.25) is 0 Å². The molecule has 0 aromatic heterocycles. The van der Waals surface area contributed by atoms with Crippen LogP contribution in [-0.4, -0.2) is 28.4 Å². The fourth-order valence-corrected chi connectivity index (χ4v) is 2.53. The highest BCUT2D eigenvalue weighted by Crippen LogP contribution is 2.27. The summed E-state index contributed by atoms with van der Waals surface area (Å²) in [7, 11) is 0. The summed E-state index contributed by atoms with van der Waals surface area (Å²) in [6.07, 6.45) is 4.13. The van der Waals surface area contributed by atoms with Crippen LogP contribution in [0.5, 0.6) is 0 Å². The minimum Gasteiger partial charge on any atom is -0.376 e. The highest BCUT2D eigenvalue weighted by Gasteiger charge is 2.22. The van der Waals surface area contributed by atoms with Crippen LogP contribution in [0.15, 0.2) is 0 Å². The number of hydrogen-bond donors (Lipinski definition) is 0. The average Bonchev–Trinajstić information content (AvgIpc) is 2.08. The minimum atomic E-state index is 0.125. The summed E-state index contributed by atoms with van der Waals surface area (Å²) in [5.74, 6) is 1.94. The summed E-state index contributed by atoms with van der Waals surface area (Å²) in [6, 6.07) is 0. The summed E-state index contributed by atoms with van der Waals surface area (Å²) in [5, 5.41) is 0. The molecule has 0 aromatic carbocycles. The number of alkyl halides is 3. The molecule has 0 saturated heterocycles. The van der Waals surface area contributed by atoms with Crippen LogP contribution in [0.4, 0.5) is 0 Å². The zero-order valence-electron chi connectivity index (χ0n) is 7.52. The molecule has 1 saturated carbocycles. The van der Waals surface area contributed by atoms with Gasteiger partial charge in [-0.15, -0.1) is 23.2 Å². The van der Waals surface area contributed by atoms with E-state index in [-0.39, 0.29) is 6.10 Å². The fourth-order valence-electron chi connectivity index (χ4n) is 1.26. The van der Waals surface area contributed by atoms with Gasteiger partial charge in [-0.2, -0.15) is 0 Å². The molecule has 0 heterocycles. The summed E-state index contributed by atoms with van der Waals surface area (Å²) in [4.78, 5) is 0. The predicted molar refractivity (Wildman–Crippen MR) is 66.3 cm³/mol. The van der Waals surface area contributed by atoms with Crippen LogP contribution >= 0.6 is 45.8 Å². The van der Waals surface area contributed by atoms with E-state index < -0.39 is 0 Å². The van der Waals surface area contributed by atoms with Crippen LogP contribution in [0.1, 0.15) is 19.3 Å². The highest BCUT2D eigenvalue weighted by molar-refractivity contribution is 14.1. The van der Waals surface area contributed by atoms with E-state index in [1.54, 1.807) is 0 Å². The Bertz CT molecular complexity index is 142. The van der Waals surface area contributed by atoms with Crippen molar-refractivity contribution < 1.29 is 4.74 Å². The zero-order chi connectivity index (χ0) is 9.68. The molecule has 78 valence electrons. The Morgan fingerprint density at radius 3 is 2.38 bits per heavy atom. The van der Waals surface area contributed by atoms with Gasteiger partial charge in [-0.1, -0.05) is 29.0 Å². The Hall–Kier alpha value is 1.27. The van der Waals surface area contributed by atoms with Crippen molar-refractivity contribution in [3.63, 3.8) is 0 Å². The van der Waals surface area contributed by atoms with E-state index >= 15 is 0 Å². The molecular weight excluding hydrogens is 322 g/mol. The van der Waals surface area contributed by atoms with Gasteiger partial charge in [0.2, 0.25) is 0 Å². The fraction of sp³-hybridized carbons (Fsp3) is 1.00. The Morgan fingerprint density at radius 1 is 1.31 bits per heavy atom. The summed E-state index contributed by atoms with van der Waals surface area (Å²) >= 11 is 13.8. The van der Waals surface area contributed by atoms with Gasteiger partial charge < -0.3 is 4.74 Å². The van der Waals surface area contributed by atoms with E-state index in [0.717, 1.165) is 12.5 Å². The molecule has 1 rings (SSSR count). The molecule has 1 nitrogen and oxygen atoms in total. The second kappa shape index (κ2) is 6.70. The van der Waals surface area contributed by atoms with Crippen LogP contribution in [0.25, 0.3) is 0 Å². The van der Waals surface area contributed by atoms with E-state index in [2.05, 4.69) is 22.6 Å². The van der Waals surface area contributed by atoms with Crippen molar-refractivity contribution in [3.05, 3.63) is 0 Å². The molecule has 0 N–H and O–H groups in total. The summed E-state index contributed by atoms with van der Waals surface area (Å²) < 4.78 is 6.05. The molecule has 0 aromatic rings. The normalized spacial score (nSPS) is 22.4. The number of ether oxygens (including phenoxy) is 1. The summed E-state index contributed by atoms with van der Waals surface area (Å²) in [5.41, 5.74) is 0. The molecule has 0 radical (unpaired) electrons. The second-order valence-electron chi connectivity index (χ2n) is 3.49. The van der Waals surface area contributed by atoms with Crippen molar-refractivity contribution in [2.24, 2.45) is 5.92 Å². The first-order valence-electron chi connectivity index (χ1n) is 4.65. The van der Waals surface area contributed by atoms with Crippen LogP contribution in [0.3, 0.4) is 0 Å². The first-order chi connectivity index (χ1) is 6.27. The molecule has 0 amide bonds. The molecule has 2 unspecified atom stereocenters. The maximum atomic E-state index is 5.80. The van der Waals surface area contributed by atoms with E-state index in [1.807, 2.05) is 0 Å². The third-order valence-electron chi connectivity index (χ3n) is 2.47. The van der Waals surface area contributed by atoms with Gasteiger partial charge in [0.25, 0.3) is 0 Å². The van der Waals surface area contributed by atoms with E-state index in [1.165, 1.54) is 19.3 Å².